The molecule has 0 aromatic carbocycles. The van der Waals surface area contributed by atoms with Crippen LogP contribution in [0.1, 0.15) is 16.1 Å². The van der Waals surface area contributed by atoms with E-state index in [1.807, 2.05) is 4.90 Å². The first-order valence-electron chi connectivity index (χ1n) is 5.37. The van der Waals surface area contributed by atoms with Gasteiger partial charge < -0.3 is 19.4 Å². The number of furan rings is 1. The Morgan fingerprint density at radius 2 is 2.31 bits per heavy atom. The molecule has 0 atom stereocenters. The molecule has 1 aromatic heterocycles. The lowest BCUT2D eigenvalue weighted by Crippen LogP contribution is -2.46. The first kappa shape index (κ1) is 11.2. The Hall–Kier alpha value is -1.33. The van der Waals surface area contributed by atoms with Gasteiger partial charge in [-0.15, -0.1) is 0 Å². The summed E-state index contributed by atoms with van der Waals surface area (Å²) in [5.41, 5.74) is 0.606. The SMILES string of the molecule is COCc1cc(C(=O)N2CCNCC2)co1. The van der Waals surface area contributed by atoms with Crippen molar-refractivity contribution in [1.82, 2.24) is 10.2 Å². The molecule has 0 aliphatic carbocycles. The van der Waals surface area contributed by atoms with Gasteiger partial charge in [-0.3, -0.25) is 4.79 Å². The molecule has 0 unspecified atom stereocenters. The van der Waals surface area contributed by atoms with Crippen LogP contribution < -0.4 is 5.32 Å². The number of hydrogen-bond donors (Lipinski definition) is 1. The zero-order valence-corrected chi connectivity index (χ0v) is 9.36. The van der Waals surface area contributed by atoms with E-state index >= 15 is 0 Å². The average Bonchev–Trinajstić information content (AvgIpc) is 2.78. The Bertz CT molecular complexity index is 356. The van der Waals surface area contributed by atoms with Gasteiger partial charge in [-0.05, 0) is 6.07 Å². The van der Waals surface area contributed by atoms with E-state index in [9.17, 15) is 4.79 Å². The summed E-state index contributed by atoms with van der Waals surface area (Å²) in [7, 11) is 1.60. The summed E-state index contributed by atoms with van der Waals surface area (Å²) >= 11 is 0. The Kier molecular flexibility index (Phi) is 3.58. The normalized spacial score (nSPS) is 16.4. The molecule has 2 rings (SSSR count). The number of carbonyl (C=O) groups is 1. The molecule has 0 saturated carbocycles. The van der Waals surface area contributed by atoms with E-state index < -0.39 is 0 Å². The van der Waals surface area contributed by atoms with E-state index in [1.165, 1.54) is 6.26 Å². The molecule has 5 heteroatoms. The van der Waals surface area contributed by atoms with Gasteiger partial charge in [-0.1, -0.05) is 0 Å². The predicted octanol–water partition coefficient (Wildman–Crippen LogP) is 0.471. The van der Waals surface area contributed by atoms with Crippen LogP contribution in [-0.2, 0) is 11.3 Å². The molecule has 1 fully saturated rings. The maximum atomic E-state index is 12.0. The molecule has 1 aliphatic rings. The standard InChI is InChI=1S/C11H16N2O3/c1-15-8-10-6-9(7-16-10)11(14)13-4-2-12-3-5-13/h6-7,12H,2-5,8H2,1H3. The zero-order chi connectivity index (χ0) is 11.4. The molecule has 1 aromatic rings. The highest BCUT2D eigenvalue weighted by molar-refractivity contribution is 5.94. The number of ether oxygens (including phenoxy) is 1. The van der Waals surface area contributed by atoms with E-state index in [-0.39, 0.29) is 5.91 Å². The van der Waals surface area contributed by atoms with E-state index in [2.05, 4.69) is 5.32 Å². The van der Waals surface area contributed by atoms with Crippen LogP contribution in [0, 0.1) is 0 Å². The first-order valence-corrected chi connectivity index (χ1v) is 5.37. The fourth-order valence-electron chi connectivity index (χ4n) is 1.76. The Labute approximate surface area is 94.4 Å². The predicted molar refractivity (Wildman–Crippen MR) is 58.2 cm³/mol. The van der Waals surface area contributed by atoms with Crippen molar-refractivity contribution in [2.45, 2.75) is 6.61 Å². The topological polar surface area (TPSA) is 54.7 Å². The highest BCUT2D eigenvalue weighted by Gasteiger charge is 2.19. The molecular weight excluding hydrogens is 208 g/mol. The number of methoxy groups -OCH3 is 1. The van der Waals surface area contributed by atoms with Crippen molar-refractivity contribution < 1.29 is 13.9 Å². The fourth-order valence-corrected chi connectivity index (χ4v) is 1.76. The summed E-state index contributed by atoms with van der Waals surface area (Å²) in [6.45, 7) is 3.62. The molecule has 0 bridgehead atoms. The molecule has 16 heavy (non-hydrogen) atoms. The summed E-state index contributed by atoms with van der Waals surface area (Å²) in [6.07, 6.45) is 1.50. The van der Waals surface area contributed by atoms with Gasteiger partial charge in [0.05, 0.1) is 5.56 Å². The van der Waals surface area contributed by atoms with Crippen molar-refractivity contribution in [3.8, 4) is 0 Å². The highest BCUT2D eigenvalue weighted by atomic mass is 16.5. The minimum atomic E-state index is 0.0348. The van der Waals surface area contributed by atoms with Gasteiger partial charge in [0.1, 0.15) is 18.6 Å². The molecule has 1 aliphatic heterocycles. The van der Waals surface area contributed by atoms with Crippen molar-refractivity contribution in [1.29, 1.82) is 0 Å². The monoisotopic (exact) mass is 224 g/mol. The van der Waals surface area contributed by atoms with Gasteiger partial charge in [-0.25, -0.2) is 0 Å². The summed E-state index contributed by atoms with van der Waals surface area (Å²) in [6, 6.07) is 1.74. The largest absolute Gasteiger partial charge is 0.466 e. The highest BCUT2D eigenvalue weighted by Crippen LogP contribution is 2.12. The molecule has 5 nitrogen and oxygen atoms in total. The van der Waals surface area contributed by atoms with E-state index in [0.717, 1.165) is 26.2 Å². The van der Waals surface area contributed by atoms with E-state index in [4.69, 9.17) is 9.15 Å². The van der Waals surface area contributed by atoms with Crippen molar-refractivity contribution in [2.24, 2.45) is 0 Å². The smallest absolute Gasteiger partial charge is 0.257 e. The van der Waals surface area contributed by atoms with Gasteiger partial charge in [0.25, 0.3) is 5.91 Å². The molecule has 1 saturated heterocycles. The zero-order valence-electron chi connectivity index (χ0n) is 9.36. The second-order valence-electron chi connectivity index (χ2n) is 3.78. The van der Waals surface area contributed by atoms with Crippen LogP contribution in [0.5, 0.6) is 0 Å². The van der Waals surface area contributed by atoms with Gasteiger partial charge in [0.15, 0.2) is 0 Å². The Morgan fingerprint density at radius 3 is 3.00 bits per heavy atom. The van der Waals surface area contributed by atoms with Crippen LogP contribution in [0.4, 0.5) is 0 Å². The number of hydrogen-bond acceptors (Lipinski definition) is 4. The Balaban J connectivity index is 2.01. The van der Waals surface area contributed by atoms with Gasteiger partial charge in [0, 0.05) is 33.3 Å². The first-order chi connectivity index (χ1) is 7.81. The van der Waals surface area contributed by atoms with Crippen LogP contribution in [-0.4, -0.2) is 44.1 Å². The van der Waals surface area contributed by atoms with E-state index in [0.29, 0.717) is 17.9 Å². The third-order valence-electron chi connectivity index (χ3n) is 2.59. The lowest BCUT2D eigenvalue weighted by atomic mass is 10.2. The van der Waals surface area contributed by atoms with Crippen LogP contribution >= 0.6 is 0 Å². The lowest BCUT2D eigenvalue weighted by Gasteiger charge is -2.26. The molecule has 1 amide bonds. The third kappa shape index (κ3) is 2.43. The molecular formula is C11H16N2O3. The number of rotatable bonds is 3. The summed E-state index contributed by atoms with van der Waals surface area (Å²) in [5, 5.41) is 3.21. The average molecular weight is 224 g/mol. The van der Waals surface area contributed by atoms with Gasteiger partial charge >= 0.3 is 0 Å². The number of piperazine rings is 1. The van der Waals surface area contributed by atoms with Crippen LogP contribution in [0.15, 0.2) is 16.7 Å². The maximum absolute atomic E-state index is 12.0. The van der Waals surface area contributed by atoms with E-state index in [1.54, 1.807) is 13.2 Å². The molecule has 0 radical (unpaired) electrons. The number of amides is 1. The van der Waals surface area contributed by atoms with Crippen molar-refractivity contribution in [3.05, 3.63) is 23.7 Å². The summed E-state index contributed by atoms with van der Waals surface area (Å²) in [4.78, 5) is 13.8. The fraction of sp³-hybridized carbons (Fsp3) is 0.545. The molecule has 1 N–H and O–H groups in total. The number of nitrogens with zero attached hydrogens (tertiary/aromatic N) is 1. The molecule has 0 spiro atoms. The quantitative estimate of drug-likeness (QED) is 0.811. The van der Waals surface area contributed by atoms with Crippen molar-refractivity contribution in [2.75, 3.05) is 33.3 Å². The number of nitrogens with one attached hydrogen (secondary N) is 1. The van der Waals surface area contributed by atoms with Gasteiger partial charge in [-0.2, -0.15) is 0 Å². The minimum Gasteiger partial charge on any atom is -0.466 e. The summed E-state index contributed by atoms with van der Waals surface area (Å²) < 4.78 is 10.2. The summed E-state index contributed by atoms with van der Waals surface area (Å²) in [5.74, 6) is 0.716. The Morgan fingerprint density at radius 1 is 1.56 bits per heavy atom. The second kappa shape index (κ2) is 5.14. The third-order valence-corrected chi connectivity index (χ3v) is 2.59. The molecule has 88 valence electrons. The van der Waals surface area contributed by atoms with Gasteiger partial charge in [0.2, 0.25) is 0 Å². The van der Waals surface area contributed by atoms with Crippen molar-refractivity contribution in [3.63, 3.8) is 0 Å². The van der Waals surface area contributed by atoms with Crippen molar-refractivity contribution >= 4 is 5.91 Å². The number of carbonyl (C=O) groups excluding carboxylic acids is 1. The minimum absolute atomic E-state index is 0.0348. The molecule has 2 heterocycles. The lowest BCUT2D eigenvalue weighted by molar-refractivity contribution is 0.0735. The van der Waals surface area contributed by atoms with Crippen LogP contribution in [0.2, 0.25) is 0 Å². The van der Waals surface area contributed by atoms with Crippen LogP contribution in [0.3, 0.4) is 0 Å². The van der Waals surface area contributed by atoms with Crippen LogP contribution in [0.25, 0.3) is 0 Å². The maximum Gasteiger partial charge on any atom is 0.257 e. The second-order valence-corrected chi connectivity index (χ2v) is 3.78.